The third-order valence-corrected chi connectivity index (χ3v) is 5.18. The minimum absolute atomic E-state index is 0.00368. The van der Waals surface area contributed by atoms with E-state index in [2.05, 4.69) is 26.9 Å². The van der Waals surface area contributed by atoms with Crippen LogP contribution in [0.3, 0.4) is 0 Å². The third kappa shape index (κ3) is 3.83. The molecule has 142 valence electrons. The first-order chi connectivity index (χ1) is 13.7. The number of carbonyl (C=O) groups excluding carboxylic acids is 1. The van der Waals surface area contributed by atoms with Crippen molar-refractivity contribution in [2.24, 2.45) is 0 Å². The van der Waals surface area contributed by atoms with Crippen LogP contribution in [0.2, 0.25) is 0 Å². The summed E-state index contributed by atoms with van der Waals surface area (Å²) in [7, 11) is 2.00. The van der Waals surface area contributed by atoms with Gasteiger partial charge in [-0.05, 0) is 36.4 Å². The topological polar surface area (TPSA) is 39.7 Å². The van der Waals surface area contributed by atoms with Gasteiger partial charge in [-0.15, -0.1) is 0 Å². The summed E-state index contributed by atoms with van der Waals surface area (Å²) < 4.78 is 0. The van der Waals surface area contributed by atoms with Crippen LogP contribution in [0.5, 0.6) is 0 Å². The first kappa shape index (κ1) is 18.0. The number of para-hydroxylation sites is 2. The van der Waals surface area contributed by atoms with Gasteiger partial charge in [-0.25, -0.2) is 0 Å². The van der Waals surface area contributed by atoms with Crippen molar-refractivity contribution in [3.8, 4) is 0 Å². The molecule has 3 aromatic rings. The number of rotatable bonds is 4. The molecule has 5 heteroatoms. The van der Waals surface area contributed by atoms with Gasteiger partial charge in [0, 0.05) is 56.5 Å². The molecule has 0 aliphatic carbocycles. The maximum absolute atomic E-state index is 13.0. The second kappa shape index (κ2) is 8.13. The van der Waals surface area contributed by atoms with Crippen molar-refractivity contribution in [3.05, 3.63) is 84.7 Å². The molecule has 2 aromatic carbocycles. The van der Waals surface area contributed by atoms with Gasteiger partial charge < -0.3 is 14.7 Å². The van der Waals surface area contributed by atoms with Gasteiger partial charge >= 0.3 is 0 Å². The molecule has 1 amide bonds. The maximum atomic E-state index is 13.0. The van der Waals surface area contributed by atoms with Crippen LogP contribution in [0.15, 0.2) is 79.0 Å². The molecule has 1 fully saturated rings. The Morgan fingerprint density at radius 2 is 1.50 bits per heavy atom. The van der Waals surface area contributed by atoms with Crippen molar-refractivity contribution < 1.29 is 4.79 Å². The molecule has 5 nitrogen and oxygen atoms in total. The highest BCUT2D eigenvalue weighted by atomic mass is 16.2. The summed E-state index contributed by atoms with van der Waals surface area (Å²) in [6.45, 7) is 3.07. The molecule has 2 heterocycles. The lowest BCUT2D eigenvalue weighted by Gasteiger charge is -2.36. The number of nitrogens with zero attached hydrogens (tertiary/aromatic N) is 4. The van der Waals surface area contributed by atoms with E-state index in [1.54, 1.807) is 6.20 Å². The van der Waals surface area contributed by atoms with E-state index in [4.69, 9.17) is 0 Å². The summed E-state index contributed by atoms with van der Waals surface area (Å²) in [4.78, 5) is 23.6. The molecular weight excluding hydrogens is 348 g/mol. The minimum Gasteiger partial charge on any atom is -0.368 e. The van der Waals surface area contributed by atoms with E-state index >= 15 is 0 Å². The van der Waals surface area contributed by atoms with Crippen molar-refractivity contribution in [1.82, 2.24) is 9.88 Å². The lowest BCUT2D eigenvalue weighted by atomic mass is 10.2. The van der Waals surface area contributed by atoms with Crippen LogP contribution < -0.4 is 9.80 Å². The largest absolute Gasteiger partial charge is 0.368 e. The second-order valence-corrected chi connectivity index (χ2v) is 6.91. The molecule has 4 rings (SSSR count). The van der Waals surface area contributed by atoms with Gasteiger partial charge in [0.1, 0.15) is 5.69 Å². The number of amides is 1. The Kier molecular flexibility index (Phi) is 5.24. The van der Waals surface area contributed by atoms with Crippen LogP contribution >= 0.6 is 0 Å². The van der Waals surface area contributed by atoms with Crippen molar-refractivity contribution in [1.29, 1.82) is 0 Å². The second-order valence-electron chi connectivity index (χ2n) is 6.91. The lowest BCUT2D eigenvalue weighted by molar-refractivity contribution is 0.0741. The molecule has 0 N–H and O–H groups in total. The van der Waals surface area contributed by atoms with Crippen molar-refractivity contribution in [3.63, 3.8) is 0 Å². The van der Waals surface area contributed by atoms with Crippen LogP contribution in [0.25, 0.3) is 0 Å². The molecule has 1 aliphatic heterocycles. The summed E-state index contributed by atoms with van der Waals surface area (Å²) in [5, 5.41) is 0. The Morgan fingerprint density at radius 1 is 0.857 bits per heavy atom. The van der Waals surface area contributed by atoms with E-state index in [0.29, 0.717) is 18.8 Å². The monoisotopic (exact) mass is 372 g/mol. The average molecular weight is 372 g/mol. The number of anilines is 3. The van der Waals surface area contributed by atoms with E-state index in [9.17, 15) is 4.79 Å². The minimum atomic E-state index is -0.00368. The van der Waals surface area contributed by atoms with Gasteiger partial charge in [0.05, 0.1) is 0 Å². The number of benzene rings is 2. The fraction of sp³-hybridized carbons (Fsp3) is 0.217. The van der Waals surface area contributed by atoms with Crippen LogP contribution in [-0.4, -0.2) is 49.0 Å². The van der Waals surface area contributed by atoms with Gasteiger partial charge in [-0.1, -0.05) is 36.4 Å². The Labute approximate surface area is 165 Å². The first-order valence-electron chi connectivity index (χ1n) is 9.56. The predicted octanol–water partition coefficient (Wildman–Crippen LogP) is 3.81. The Morgan fingerprint density at radius 3 is 2.18 bits per heavy atom. The molecule has 0 spiro atoms. The number of piperazine rings is 1. The first-order valence-corrected chi connectivity index (χ1v) is 9.56. The van der Waals surface area contributed by atoms with Crippen LogP contribution in [0.4, 0.5) is 17.1 Å². The highest BCUT2D eigenvalue weighted by molar-refractivity contribution is 5.93. The van der Waals surface area contributed by atoms with Crippen LogP contribution in [0.1, 0.15) is 10.5 Å². The van der Waals surface area contributed by atoms with Crippen LogP contribution in [-0.2, 0) is 0 Å². The summed E-state index contributed by atoms with van der Waals surface area (Å²) in [5.74, 6) is -0.00368. The number of hydrogen-bond donors (Lipinski definition) is 0. The van der Waals surface area contributed by atoms with Gasteiger partial charge in [-0.3, -0.25) is 9.78 Å². The summed E-state index contributed by atoms with van der Waals surface area (Å²) in [6, 6.07) is 24.2. The number of hydrogen-bond acceptors (Lipinski definition) is 4. The molecule has 0 atom stereocenters. The average Bonchev–Trinajstić information content (AvgIpc) is 2.79. The Balaban J connectivity index is 1.44. The summed E-state index contributed by atoms with van der Waals surface area (Å²) >= 11 is 0. The predicted molar refractivity (Wildman–Crippen MR) is 113 cm³/mol. The Bertz CT molecular complexity index is 922. The number of aromatic nitrogens is 1. The molecule has 0 bridgehead atoms. The highest BCUT2D eigenvalue weighted by Crippen LogP contribution is 2.24. The van der Waals surface area contributed by atoms with Crippen LogP contribution in [0, 0.1) is 0 Å². The molecule has 1 saturated heterocycles. The summed E-state index contributed by atoms with van der Waals surface area (Å²) in [6.07, 6.45) is 1.71. The van der Waals surface area contributed by atoms with Gasteiger partial charge in [0.2, 0.25) is 0 Å². The van der Waals surface area contributed by atoms with Crippen molar-refractivity contribution in [2.45, 2.75) is 0 Å². The van der Waals surface area contributed by atoms with Gasteiger partial charge in [0.25, 0.3) is 5.91 Å². The molecule has 0 radical (unpaired) electrons. The molecule has 0 unspecified atom stereocenters. The van der Waals surface area contributed by atoms with E-state index in [0.717, 1.165) is 24.5 Å². The van der Waals surface area contributed by atoms with Crippen molar-refractivity contribution in [2.75, 3.05) is 43.0 Å². The zero-order valence-corrected chi connectivity index (χ0v) is 16.0. The quantitative estimate of drug-likeness (QED) is 0.698. The maximum Gasteiger partial charge on any atom is 0.272 e. The Hall–Kier alpha value is -3.34. The summed E-state index contributed by atoms with van der Waals surface area (Å²) in [5.41, 5.74) is 3.73. The number of carbonyl (C=O) groups is 1. The van der Waals surface area contributed by atoms with E-state index in [-0.39, 0.29) is 5.91 Å². The van der Waals surface area contributed by atoms with E-state index < -0.39 is 0 Å². The highest BCUT2D eigenvalue weighted by Gasteiger charge is 2.23. The fourth-order valence-corrected chi connectivity index (χ4v) is 3.51. The van der Waals surface area contributed by atoms with Crippen molar-refractivity contribution >= 4 is 23.0 Å². The molecule has 28 heavy (non-hydrogen) atoms. The zero-order chi connectivity index (χ0) is 19.3. The smallest absolute Gasteiger partial charge is 0.272 e. The fourth-order valence-electron chi connectivity index (χ4n) is 3.51. The molecule has 0 saturated carbocycles. The van der Waals surface area contributed by atoms with Gasteiger partial charge in [-0.2, -0.15) is 0 Å². The van der Waals surface area contributed by atoms with E-state index in [1.807, 2.05) is 72.6 Å². The van der Waals surface area contributed by atoms with E-state index in [1.165, 1.54) is 5.69 Å². The standard InChI is InChI=1S/C23H24N4O/c1-25(19-8-4-2-5-9-19)21-12-13-24-22(18-21)23(28)27-16-14-26(15-17-27)20-10-6-3-7-11-20/h2-13,18H,14-17H2,1H3. The SMILES string of the molecule is CN(c1ccccc1)c1ccnc(C(=O)N2CCN(c3ccccc3)CC2)c1. The molecule has 1 aliphatic rings. The number of pyridine rings is 1. The zero-order valence-electron chi connectivity index (χ0n) is 16.0. The normalized spacial score (nSPS) is 14.0. The lowest BCUT2D eigenvalue weighted by Crippen LogP contribution is -2.49. The molecular formula is C23H24N4O. The molecule has 1 aromatic heterocycles. The van der Waals surface area contributed by atoms with Gasteiger partial charge in [0.15, 0.2) is 0 Å². The third-order valence-electron chi connectivity index (χ3n) is 5.18.